The van der Waals surface area contributed by atoms with E-state index in [4.69, 9.17) is 9.47 Å². The quantitative estimate of drug-likeness (QED) is 0.414. The van der Waals surface area contributed by atoms with E-state index >= 15 is 0 Å². The molecular weight excluding hydrogens is 438 g/mol. The number of amides is 1. The van der Waals surface area contributed by atoms with Crippen LogP contribution in [0.5, 0.6) is 0 Å². The van der Waals surface area contributed by atoms with Gasteiger partial charge in [0.1, 0.15) is 0 Å². The van der Waals surface area contributed by atoms with E-state index in [0.29, 0.717) is 24.5 Å². The fraction of sp³-hybridized carbons (Fsp3) is 0.577. The van der Waals surface area contributed by atoms with Gasteiger partial charge in [-0.1, -0.05) is 30.4 Å². The Morgan fingerprint density at radius 1 is 1.18 bits per heavy atom. The van der Waals surface area contributed by atoms with E-state index in [2.05, 4.69) is 11.8 Å². The van der Waals surface area contributed by atoms with E-state index in [1.54, 1.807) is 30.8 Å². The lowest BCUT2D eigenvalue weighted by Crippen LogP contribution is -2.36. The average Bonchev–Trinajstić information content (AvgIpc) is 3.14. The van der Waals surface area contributed by atoms with Crippen LogP contribution in [-0.4, -0.2) is 52.6 Å². The van der Waals surface area contributed by atoms with Gasteiger partial charge < -0.3 is 14.4 Å². The maximum absolute atomic E-state index is 12.4. The summed E-state index contributed by atoms with van der Waals surface area (Å²) in [5, 5.41) is 0.113. The Kier molecular flexibility index (Phi) is 9.25. The van der Waals surface area contributed by atoms with E-state index in [1.165, 1.54) is 6.92 Å². The molecule has 1 saturated heterocycles. The van der Waals surface area contributed by atoms with Gasteiger partial charge >= 0.3 is 11.9 Å². The summed E-state index contributed by atoms with van der Waals surface area (Å²) in [7, 11) is 0. The first-order valence-electron chi connectivity index (χ1n) is 11.8. The number of thioether (sulfide) groups is 1. The molecule has 1 saturated carbocycles. The maximum atomic E-state index is 12.4. The Balaban J connectivity index is 1.52. The van der Waals surface area contributed by atoms with Crippen LogP contribution in [0.4, 0.5) is 0 Å². The van der Waals surface area contributed by atoms with Crippen LogP contribution in [0.2, 0.25) is 0 Å². The highest BCUT2D eigenvalue weighted by Crippen LogP contribution is 2.32. The Hall–Kier alpha value is -2.46. The zero-order chi connectivity index (χ0) is 23.7. The number of benzene rings is 1. The van der Waals surface area contributed by atoms with Gasteiger partial charge in [0.05, 0.1) is 29.8 Å². The number of carbonyl (C=O) groups excluding carboxylic acids is 3. The van der Waals surface area contributed by atoms with Gasteiger partial charge in [0, 0.05) is 6.92 Å². The number of ether oxygens (including phenoxy) is 2. The average molecular weight is 472 g/mol. The number of hydrogen-bond acceptors (Lipinski definition) is 6. The molecule has 178 valence electrons. The molecule has 1 atom stereocenters. The molecular formula is C26H33NO5S. The molecule has 7 heteroatoms. The molecule has 33 heavy (non-hydrogen) atoms. The molecule has 2 fully saturated rings. The zero-order valence-electron chi connectivity index (χ0n) is 19.6. The number of carbonyl (C=O) groups is 3. The third kappa shape index (κ3) is 7.26. The van der Waals surface area contributed by atoms with Crippen molar-refractivity contribution in [3.8, 4) is 11.8 Å². The lowest BCUT2D eigenvalue weighted by atomic mass is 9.85. The standard InChI is InChI=1S/C26H33NO5S/c1-3-31-25(30)22-13-11-21(12-14-22)9-7-10-24-27(23(29)19-33-24)18-8-17-26(32-20(2)28)15-5-4-6-16-26/h11-14,24H,3-7,9-10,15-16,18-19H2,1-2H3. The van der Waals surface area contributed by atoms with Crippen LogP contribution < -0.4 is 0 Å². The predicted molar refractivity (Wildman–Crippen MR) is 129 cm³/mol. The zero-order valence-corrected chi connectivity index (χ0v) is 20.4. The van der Waals surface area contributed by atoms with Crippen LogP contribution in [0.15, 0.2) is 24.3 Å². The van der Waals surface area contributed by atoms with Crippen LogP contribution >= 0.6 is 11.8 Å². The van der Waals surface area contributed by atoms with Crippen molar-refractivity contribution in [3.05, 3.63) is 35.4 Å². The van der Waals surface area contributed by atoms with Crippen molar-refractivity contribution < 1.29 is 23.9 Å². The first-order valence-corrected chi connectivity index (χ1v) is 12.8. The Bertz CT molecular complexity index is 895. The number of aryl methyl sites for hydroxylation is 1. The third-order valence-corrected chi connectivity index (χ3v) is 7.30. The van der Waals surface area contributed by atoms with Crippen molar-refractivity contribution in [2.75, 3.05) is 18.9 Å². The van der Waals surface area contributed by atoms with Gasteiger partial charge in [-0.3, -0.25) is 9.59 Å². The highest BCUT2D eigenvalue weighted by Gasteiger charge is 2.34. The third-order valence-electron chi connectivity index (χ3n) is 6.01. The molecule has 1 aromatic rings. The second-order valence-electron chi connectivity index (χ2n) is 8.55. The predicted octanol–water partition coefficient (Wildman–Crippen LogP) is 4.36. The second-order valence-corrected chi connectivity index (χ2v) is 9.71. The van der Waals surface area contributed by atoms with Gasteiger partial charge in [0.25, 0.3) is 0 Å². The first kappa shape index (κ1) is 25.2. The number of rotatable bonds is 8. The van der Waals surface area contributed by atoms with Gasteiger partial charge in [0.2, 0.25) is 5.91 Å². The number of hydrogen-bond donors (Lipinski definition) is 0. The molecule has 3 rings (SSSR count). The van der Waals surface area contributed by atoms with E-state index in [-0.39, 0.29) is 23.2 Å². The van der Waals surface area contributed by atoms with Crippen LogP contribution in [0, 0.1) is 11.8 Å². The molecule has 1 heterocycles. The lowest BCUT2D eigenvalue weighted by molar-refractivity contribution is -0.153. The summed E-state index contributed by atoms with van der Waals surface area (Å²) in [6.07, 6.45) is 7.37. The SMILES string of the molecule is CCOC(=O)c1ccc(CCCC2SCC(=O)N2CC#CC2(OC(C)=O)CCCCC2)cc1. The molecule has 0 radical (unpaired) electrons. The lowest BCUT2D eigenvalue weighted by Gasteiger charge is -2.31. The second kappa shape index (κ2) is 12.1. The minimum Gasteiger partial charge on any atom is -0.462 e. The van der Waals surface area contributed by atoms with Crippen LogP contribution in [-0.2, 0) is 25.5 Å². The minimum absolute atomic E-state index is 0.113. The van der Waals surface area contributed by atoms with Gasteiger partial charge in [-0.15, -0.1) is 11.8 Å². The van der Waals surface area contributed by atoms with E-state index < -0.39 is 5.60 Å². The van der Waals surface area contributed by atoms with E-state index in [9.17, 15) is 14.4 Å². The van der Waals surface area contributed by atoms with Crippen molar-refractivity contribution >= 4 is 29.6 Å². The molecule has 6 nitrogen and oxygen atoms in total. The number of nitrogens with zero attached hydrogens (tertiary/aromatic N) is 1. The summed E-state index contributed by atoms with van der Waals surface area (Å²) in [5.41, 5.74) is 1.03. The smallest absolute Gasteiger partial charge is 0.338 e. The van der Waals surface area contributed by atoms with Crippen molar-refractivity contribution in [2.24, 2.45) is 0 Å². The molecule has 0 aromatic heterocycles. The molecule has 1 amide bonds. The van der Waals surface area contributed by atoms with Crippen molar-refractivity contribution in [3.63, 3.8) is 0 Å². The van der Waals surface area contributed by atoms with Crippen molar-refractivity contribution in [1.82, 2.24) is 4.90 Å². The minimum atomic E-state index is -0.689. The highest BCUT2D eigenvalue weighted by molar-refractivity contribution is 8.00. The first-order chi connectivity index (χ1) is 15.9. The summed E-state index contributed by atoms with van der Waals surface area (Å²) in [6, 6.07) is 7.52. The maximum Gasteiger partial charge on any atom is 0.338 e. The monoisotopic (exact) mass is 471 g/mol. The van der Waals surface area contributed by atoms with Crippen LogP contribution in [0.1, 0.15) is 74.7 Å². The summed E-state index contributed by atoms with van der Waals surface area (Å²) < 4.78 is 10.6. The summed E-state index contributed by atoms with van der Waals surface area (Å²) in [5.74, 6) is 6.36. The number of esters is 2. The van der Waals surface area contributed by atoms with Crippen molar-refractivity contribution in [2.45, 2.75) is 76.2 Å². The summed E-state index contributed by atoms with van der Waals surface area (Å²) in [6.45, 7) is 3.96. The van der Waals surface area contributed by atoms with Gasteiger partial charge in [-0.25, -0.2) is 4.79 Å². The van der Waals surface area contributed by atoms with Crippen molar-refractivity contribution in [1.29, 1.82) is 0 Å². The molecule has 0 bridgehead atoms. The molecule has 0 spiro atoms. The van der Waals surface area contributed by atoms with Gasteiger partial charge in [0.15, 0.2) is 5.60 Å². The molecule has 0 N–H and O–H groups in total. The molecule has 1 aliphatic carbocycles. The summed E-state index contributed by atoms with van der Waals surface area (Å²) in [4.78, 5) is 37.6. The summed E-state index contributed by atoms with van der Waals surface area (Å²) >= 11 is 1.66. The molecule has 1 aromatic carbocycles. The Morgan fingerprint density at radius 3 is 2.58 bits per heavy atom. The Labute approximate surface area is 200 Å². The highest BCUT2D eigenvalue weighted by atomic mass is 32.2. The van der Waals surface area contributed by atoms with Crippen LogP contribution in [0.25, 0.3) is 0 Å². The largest absolute Gasteiger partial charge is 0.462 e. The fourth-order valence-electron chi connectivity index (χ4n) is 4.37. The molecule has 1 unspecified atom stereocenters. The normalized spacial score (nSPS) is 19.5. The van der Waals surface area contributed by atoms with Gasteiger partial charge in [-0.05, 0) is 69.6 Å². The Morgan fingerprint density at radius 2 is 1.91 bits per heavy atom. The fourth-order valence-corrected chi connectivity index (χ4v) is 5.58. The topological polar surface area (TPSA) is 72.9 Å². The van der Waals surface area contributed by atoms with E-state index in [0.717, 1.165) is 56.9 Å². The van der Waals surface area contributed by atoms with Crippen LogP contribution in [0.3, 0.4) is 0 Å². The van der Waals surface area contributed by atoms with Gasteiger partial charge in [-0.2, -0.15) is 0 Å². The molecule has 2 aliphatic rings. The van der Waals surface area contributed by atoms with E-state index in [1.807, 2.05) is 17.0 Å². The molecule has 1 aliphatic heterocycles.